The zero-order chi connectivity index (χ0) is 13.1. The van der Waals surface area contributed by atoms with Crippen molar-refractivity contribution in [2.24, 2.45) is 0 Å². The molecule has 0 aliphatic carbocycles. The fraction of sp³-hybridized carbons (Fsp3) is 0.0769. The van der Waals surface area contributed by atoms with E-state index in [1.807, 2.05) is 24.3 Å². The summed E-state index contributed by atoms with van der Waals surface area (Å²) in [7, 11) is 0. The van der Waals surface area contributed by atoms with E-state index < -0.39 is 0 Å². The number of nitrogen functional groups attached to an aromatic ring is 1. The van der Waals surface area contributed by atoms with E-state index >= 15 is 0 Å². The second kappa shape index (κ2) is 4.85. The monoisotopic (exact) mass is 253 g/mol. The summed E-state index contributed by atoms with van der Waals surface area (Å²) in [6.07, 6.45) is 5.34. The Bertz CT molecular complexity index is 663. The van der Waals surface area contributed by atoms with E-state index in [-0.39, 0.29) is 0 Å². The molecule has 2 heterocycles. The Kier molecular flexibility index (Phi) is 2.89. The van der Waals surface area contributed by atoms with Crippen molar-refractivity contribution >= 4 is 5.69 Å². The summed E-state index contributed by atoms with van der Waals surface area (Å²) in [5.74, 6) is 0.976. The molecule has 0 bridgehead atoms. The lowest BCUT2D eigenvalue weighted by Gasteiger charge is -1.97. The third-order valence-electron chi connectivity index (χ3n) is 2.60. The van der Waals surface area contributed by atoms with Gasteiger partial charge in [-0.25, -0.2) is 4.98 Å². The highest BCUT2D eigenvalue weighted by atomic mass is 16.5. The van der Waals surface area contributed by atoms with Crippen LogP contribution in [0.25, 0.3) is 11.5 Å². The van der Waals surface area contributed by atoms with Gasteiger partial charge in [0.25, 0.3) is 0 Å². The highest BCUT2D eigenvalue weighted by molar-refractivity contribution is 5.45. The summed E-state index contributed by atoms with van der Waals surface area (Å²) < 4.78 is 5.19. The van der Waals surface area contributed by atoms with E-state index in [0.29, 0.717) is 23.8 Å². The molecule has 0 atom stereocenters. The molecule has 1 aromatic carbocycles. The van der Waals surface area contributed by atoms with Crippen LogP contribution in [0.5, 0.6) is 0 Å². The largest absolute Gasteiger partial charge is 0.399 e. The maximum absolute atomic E-state index is 5.63. The van der Waals surface area contributed by atoms with Gasteiger partial charge in [-0.15, -0.1) is 0 Å². The molecule has 6 heteroatoms. The lowest BCUT2D eigenvalue weighted by Crippen LogP contribution is -1.91. The SMILES string of the molecule is Nc1ccc(Cc2nc(-c3cnccn3)no2)cc1. The van der Waals surface area contributed by atoms with Gasteiger partial charge in [-0.2, -0.15) is 4.98 Å². The Morgan fingerprint density at radius 3 is 2.68 bits per heavy atom. The predicted molar refractivity (Wildman–Crippen MR) is 69.0 cm³/mol. The zero-order valence-corrected chi connectivity index (χ0v) is 10.0. The van der Waals surface area contributed by atoms with Crippen molar-refractivity contribution in [3.63, 3.8) is 0 Å². The molecule has 3 aromatic rings. The Balaban J connectivity index is 1.80. The molecule has 6 nitrogen and oxygen atoms in total. The summed E-state index contributed by atoms with van der Waals surface area (Å²) in [5, 5.41) is 3.89. The Morgan fingerprint density at radius 1 is 1.11 bits per heavy atom. The number of nitrogens with zero attached hydrogens (tertiary/aromatic N) is 4. The van der Waals surface area contributed by atoms with Crippen LogP contribution in [0.1, 0.15) is 11.5 Å². The number of rotatable bonds is 3. The Morgan fingerprint density at radius 2 is 1.95 bits per heavy atom. The van der Waals surface area contributed by atoms with Crippen LogP contribution in [0.2, 0.25) is 0 Å². The van der Waals surface area contributed by atoms with E-state index in [2.05, 4.69) is 20.1 Å². The van der Waals surface area contributed by atoms with Crippen molar-refractivity contribution in [1.29, 1.82) is 0 Å². The quantitative estimate of drug-likeness (QED) is 0.714. The molecule has 3 rings (SSSR count). The lowest BCUT2D eigenvalue weighted by molar-refractivity contribution is 0.385. The molecule has 0 fully saturated rings. The summed E-state index contributed by atoms with van der Waals surface area (Å²) in [6, 6.07) is 7.55. The first kappa shape index (κ1) is 11.3. The first-order valence-electron chi connectivity index (χ1n) is 5.74. The molecule has 0 aliphatic rings. The number of aromatic nitrogens is 4. The predicted octanol–water partition coefficient (Wildman–Crippen LogP) is 1.70. The second-order valence-corrected chi connectivity index (χ2v) is 4.02. The highest BCUT2D eigenvalue weighted by Crippen LogP contribution is 2.14. The van der Waals surface area contributed by atoms with Gasteiger partial charge in [0.15, 0.2) is 0 Å². The topological polar surface area (TPSA) is 90.7 Å². The van der Waals surface area contributed by atoms with Crippen molar-refractivity contribution in [3.05, 3.63) is 54.3 Å². The first-order valence-corrected chi connectivity index (χ1v) is 5.74. The van der Waals surface area contributed by atoms with Crippen LogP contribution in [-0.2, 0) is 6.42 Å². The molecule has 0 spiro atoms. The third kappa shape index (κ3) is 2.57. The van der Waals surface area contributed by atoms with Gasteiger partial charge in [0.05, 0.1) is 12.6 Å². The van der Waals surface area contributed by atoms with Crippen molar-refractivity contribution in [1.82, 2.24) is 20.1 Å². The zero-order valence-electron chi connectivity index (χ0n) is 10.0. The number of anilines is 1. The van der Waals surface area contributed by atoms with E-state index in [1.165, 1.54) is 0 Å². The van der Waals surface area contributed by atoms with Crippen LogP contribution in [0.15, 0.2) is 47.4 Å². The molecule has 19 heavy (non-hydrogen) atoms. The van der Waals surface area contributed by atoms with Crippen molar-refractivity contribution < 1.29 is 4.52 Å². The second-order valence-electron chi connectivity index (χ2n) is 4.02. The van der Waals surface area contributed by atoms with Gasteiger partial charge < -0.3 is 10.3 Å². The number of benzene rings is 1. The molecule has 0 aliphatic heterocycles. The van der Waals surface area contributed by atoms with Crippen LogP contribution < -0.4 is 5.73 Å². The molecule has 94 valence electrons. The number of nitrogens with two attached hydrogens (primary N) is 1. The summed E-state index contributed by atoms with van der Waals surface area (Å²) >= 11 is 0. The highest BCUT2D eigenvalue weighted by Gasteiger charge is 2.10. The fourth-order valence-corrected chi connectivity index (χ4v) is 1.66. The summed E-state index contributed by atoms with van der Waals surface area (Å²) in [4.78, 5) is 12.4. The van der Waals surface area contributed by atoms with E-state index in [0.717, 1.165) is 11.3 Å². The molecule has 0 saturated heterocycles. The van der Waals surface area contributed by atoms with Gasteiger partial charge in [-0.1, -0.05) is 17.3 Å². The Hall–Kier alpha value is -2.76. The standard InChI is InChI=1S/C13H11N5O/c14-10-3-1-9(2-4-10)7-12-17-13(18-19-12)11-8-15-5-6-16-11/h1-6,8H,7,14H2. The van der Waals surface area contributed by atoms with Crippen molar-refractivity contribution in [2.75, 3.05) is 5.73 Å². The fourth-order valence-electron chi connectivity index (χ4n) is 1.66. The van der Waals surface area contributed by atoms with Gasteiger partial charge in [-0.05, 0) is 17.7 Å². The van der Waals surface area contributed by atoms with Crippen LogP contribution in [0.4, 0.5) is 5.69 Å². The molecule has 0 amide bonds. The minimum absolute atomic E-state index is 0.443. The molecular formula is C13H11N5O. The van der Waals surface area contributed by atoms with Crippen LogP contribution >= 0.6 is 0 Å². The van der Waals surface area contributed by atoms with E-state index in [9.17, 15) is 0 Å². The lowest BCUT2D eigenvalue weighted by atomic mass is 10.1. The molecule has 2 aromatic heterocycles. The minimum Gasteiger partial charge on any atom is -0.399 e. The minimum atomic E-state index is 0.443. The molecule has 2 N–H and O–H groups in total. The van der Waals surface area contributed by atoms with Crippen molar-refractivity contribution in [3.8, 4) is 11.5 Å². The molecule has 0 unspecified atom stereocenters. The van der Waals surface area contributed by atoms with Crippen molar-refractivity contribution in [2.45, 2.75) is 6.42 Å². The average molecular weight is 253 g/mol. The normalized spacial score (nSPS) is 10.5. The first-order chi connectivity index (χ1) is 9.31. The van der Waals surface area contributed by atoms with Gasteiger partial charge in [0.1, 0.15) is 5.69 Å². The maximum atomic E-state index is 5.63. The number of hydrogen-bond donors (Lipinski definition) is 1. The molecule has 0 radical (unpaired) electrons. The summed E-state index contributed by atoms with van der Waals surface area (Å²) in [6.45, 7) is 0. The van der Waals surface area contributed by atoms with Crippen LogP contribution in [0.3, 0.4) is 0 Å². The molecule has 0 saturated carbocycles. The van der Waals surface area contributed by atoms with Gasteiger partial charge in [0.2, 0.25) is 11.7 Å². The average Bonchev–Trinajstić information content (AvgIpc) is 2.91. The van der Waals surface area contributed by atoms with Gasteiger partial charge >= 0.3 is 0 Å². The van der Waals surface area contributed by atoms with Gasteiger partial charge in [-0.3, -0.25) is 4.98 Å². The van der Waals surface area contributed by atoms with E-state index in [4.69, 9.17) is 10.3 Å². The van der Waals surface area contributed by atoms with Crippen LogP contribution in [0, 0.1) is 0 Å². The summed E-state index contributed by atoms with van der Waals surface area (Å²) in [5.41, 5.74) is 8.02. The Labute approximate surface area is 109 Å². The van der Waals surface area contributed by atoms with E-state index in [1.54, 1.807) is 18.6 Å². The maximum Gasteiger partial charge on any atom is 0.231 e. The van der Waals surface area contributed by atoms with Gasteiger partial charge in [0, 0.05) is 18.1 Å². The smallest absolute Gasteiger partial charge is 0.231 e. The number of hydrogen-bond acceptors (Lipinski definition) is 6. The molecular weight excluding hydrogens is 242 g/mol. The van der Waals surface area contributed by atoms with Crippen LogP contribution in [-0.4, -0.2) is 20.1 Å². The third-order valence-corrected chi connectivity index (χ3v) is 2.60.